The van der Waals surface area contributed by atoms with Crippen molar-refractivity contribution < 1.29 is 13.5 Å². The summed E-state index contributed by atoms with van der Waals surface area (Å²) >= 11 is 0. The van der Waals surface area contributed by atoms with Crippen LogP contribution in [0.2, 0.25) is 0 Å². The maximum absolute atomic E-state index is 13.7. The van der Waals surface area contributed by atoms with Crippen molar-refractivity contribution in [3.63, 3.8) is 0 Å². The molecule has 0 fully saturated rings. The third-order valence-corrected chi connectivity index (χ3v) is 3.42. The lowest BCUT2D eigenvalue weighted by Gasteiger charge is -2.09. The summed E-state index contributed by atoms with van der Waals surface area (Å²) in [6.45, 7) is 0. The molecule has 1 aromatic carbocycles. The lowest BCUT2D eigenvalue weighted by atomic mass is 10.1. The molecule has 1 heterocycles. The van der Waals surface area contributed by atoms with E-state index in [-0.39, 0.29) is 11.7 Å². The number of aryl methyl sites for hydroxylation is 2. The Labute approximate surface area is 115 Å². The molecule has 5 heteroatoms. The fraction of sp³-hybridized carbons (Fsp3) is 0.267. The van der Waals surface area contributed by atoms with E-state index in [1.807, 2.05) is 12.1 Å². The van der Waals surface area contributed by atoms with Gasteiger partial charge < -0.3 is 10.1 Å². The molecule has 1 aliphatic carbocycles. The zero-order chi connectivity index (χ0) is 14.1. The first-order chi connectivity index (χ1) is 9.67. The zero-order valence-electron chi connectivity index (χ0n) is 11.0. The van der Waals surface area contributed by atoms with E-state index < -0.39 is 11.6 Å². The SMILES string of the molecule is CNc1nc(Oc2ccc3c(c2)CCC3)c(F)cc1F. The van der Waals surface area contributed by atoms with Crippen molar-refractivity contribution in [3.05, 3.63) is 47.0 Å². The molecule has 0 unspecified atom stereocenters. The topological polar surface area (TPSA) is 34.2 Å². The Balaban J connectivity index is 1.91. The van der Waals surface area contributed by atoms with Gasteiger partial charge >= 0.3 is 0 Å². The average Bonchev–Trinajstić information content (AvgIpc) is 2.89. The van der Waals surface area contributed by atoms with Gasteiger partial charge in [-0.05, 0) is 42.5 Å². The smallest absolute Gasteiger partial charge is 0.258 e. The Morgan fingerprint density at radius 3 is 2.70 bits per heavy atom. The molecule has 104 valence electrons. The molecular weight excluding hydrogens is 262 g/mol. The van der Waals surface area contributed by atoms with Crippen LogP contribution in [0.25, 0.3) is 0 Å². The number of nitrogens with zero attached hydrogens (tertiary/aromatic N) is 1. The number of nitrogens with one attached hydrogen (secondary N) is 1. The van der Waals surface area contributed by atoms with E-state index in [0.29, 0.717) is 5.75 Å². The summed E-state index contributed by atoms with van der Waals surface area (Å²) in [7, 11) is 1.52. The van der Waals surface area contributed by atoms with Gasteiger partial charge in [-0.1, -0.05) is 6.07 Å². The molecule has 3 rings (SSSR count). The van der Waals surface area contributed by atoms with Gasteiger partial charge in [0.05, 0.1) is 0 Å². The Morgan fingerprint density at radius 2 is 1.90 bits per heavy atom. The summed E-state index contributed by atoms with van der Waals surface area (Å²) < 4.78 is 32.4. The molecular formula is C15H14F2N2O. The molecule has 0 aliphatic heterocycles. The van der Waals surface area contributed by atoms with E-state index in [4.69, 9.17) is 4.74 Å². The predicted octanol–water partition coefficient (Wildman–Crippen LogP) is 3.68. The van der Waals surface area contributed by atoms with Crippen LogP contribution in [0.3, 0.4) is 0 Å². The number of pyridine rings is 1. The fourth-order valence-corrected chi connectivity index (χ4v) is 2.42. The molecule has 0 atom stereocenters. The maximum Gasteiger partial charge on any atom is 0.258 e. The van der Waals surface area contributed by atoms with Crippen LogP contribution < -0.4 is 10.1 Å². The van der Waals surface area contributed by atoms with Gasteiger partial charge in [-0.3, -0.25) is 0 Å². The van der Waals surface area contributed by atoms with Crippen molar-refractivity contribution in [1.29, 1.82) is 0 Å². The normalized spacial score (nSPS) is 13.2. The van der Waals surface area contributed by atoms with Crippen LogP contribution in [0.5, 0.6) is 11.6 Å². The predicted molar refractivity (Wildman–Crippen MR) is 72.2 cm³/mol. The molecule has 0 amide bonds. The largest absolute Gasteiger partial charge is 0.436 e. The molecule has 1 N–H and O–H groups in total. The number of anilines is 1. The number of hydrogen-bond donors (Lipinski definition) is 1. The number of aromatic nitrogens is 1. The number of halogens is 2. The van der Waals surface area contributed by atoms with E-state index >= 15 is 0 Å². The highest BCUT2D eigenvalue weighted by Gasteiger charge is 2.15. The first kappa shape index (κ1) is 12.8. The number of ether oxygens (including phenoxy) is 1. The van der Waals surface area contributed by atoms with Gasteiger partial charge in [0.1, 0.15) is 5.75 Å². The minimum absolute atomic E-state index is 0.0393. The summed E-state index contributed by atoms with van der Waals surface area (Å²) in [6, 6.07) is 6.43. The lowest BCUT2D eigenvalue weighted by Crippen LogP contribution is -2.01. The molecule has 1 aliphatic rings. The number of hydrogen-bond acceptors (Lipinski definition) is 3. The lowest BCUT2D eigenvalue weighted by molar-refractivity contribution is 0.418. The minimum atomic E-state index is -0.818. The second-order valence-electron chi connectivity index (χ2n) is 4.74. The van der Waals surface area contributed by atoms with Crippen molar-refractivity contribution in [1.82, 2.24) is 4.98 Å². The monoisotopic (exact) mass is 276 g/mol. The van der Waals surface area contributed by atoms with Crippen LogP contribution in [0.4, 0.5) is 14.6 Å². The minimum Gasteiger partial charge on any atom is -0.436 e. The highest BCUT2D eigenvalue weighted by Crippen LogP contribution is 2.30. The molecule has 0 bridgehead atoms. The summed E-state index contributed by atoms with van der Waals surface area (Å²) in [5, 5.41) is 2.56. The van der Waals surface area contributed by atoms with E-state index in [2.05, 4.69) is 10.3 Å². The quantitative estimate of drug-likeness (QED) is 0.928. The summed E-state index contributed by atoms with van der Waals surface area (Å²) in [5.74, 6) is -1.31. The van der Waals surface area contributed by atoms with Gasteiger partial charge in [-0.2, -0.15) is 4.98 Å². The van der Waals surface area contributed by atoms with E-state index in [9.17, 15) is 8.78 Å². The van der Waals surface area contributed by atoms with E-state index in [1.54, 1.807) is 6.07 Å². The fourth-order valence-electron chi connectivity index (χ4n) is 2.42. The Kier molecular flexibility index (Phi) is 3.26. The van der Waals surface area contributed by atoms with Gasteiger partial charge in [0, 0.05) is 13.1 Å². The third-order valence-electron chi connectivity index (χ3n) is 3.42. The Morgan fingerprint density at radius 1 is 1.10 bits per heavy atom. The summed E-state index contributed by atoms with van der Waals surface area (Å²) in [4.78, 5) is 3.80. The molecule has 0 saturated heterocycles. The maximum atomic E-state index is 13.7. The zero-order valence-corrected chi connectivity index (χ0v) is 11.0. The molecule has 20 heavy (non-hydrogen) atoms. The molecule has 0 radical (unpaired) electrons. The third kappa shape index (κ3) is 2.31. The molecule has 2 aromatic rings. The van der Waals surface area contributed by atoms with Gasteiger partial charge in [0.2, 0.25) is 0 Å². The van der Waals surface area contributed by atoms with Crippen LogP contribution in [-0.2, 0) is 12.8 Å². The van der Waals surface area contributed by atoms with Crippen LogP contribution in [0, 0.1) is 11.6 Å². The second kappa shape index (κ2) is 5.07. The van der Waals surface area contributed by atoms with Crippen molar-refractivity contribution in [3.8, 4) is 11.6 Å². The van der Waals surface area contributed by atoms with Crippen molar-refractivity contribution >= 4 is 5.82 Å². The average molecular weight is 276 g/mol. The molecule has 0 saturated carbocycles. The van der Waals surface area contributed by atoms with Crippen molar-refractivity contribution in [2.45, 2.75) is 19.3 Å². The summed E-state index contributed by atoms with van der Waals surface area (Å²) in [5.41, 5.74) is 2.53. The van der Waals surface area contributed by atoms with Crippen LogP contribution in [0.1, 0.15) is 17.5 Å². The molecule has 0 spiro atoms. The van der Waals surface area contributed by atoms with Crippen LogP contribution in [0.15, 0.2) is 24.3 Å². The van der Waals surface area contributed by atoms with Crippen LogP contribution in [-0.4, -0.2) is 12.0 Å². The number of fused-ring (bicyclic) bond motifs is 1. The van der Waals surface area contributed by atoms with Gasteiger partial charge in [-0.15, -0.1) is 0 Å². The number of benzene rings is 1. The Hall–Kier alpha value is -2.17. The van der Waals surface area contributed by atoms with Crippen molar-refractivity contribution in [2.75, 3.05) is 12.4 Å². The van der Waals surface area contributed by atoms with E-state index in [0.717, 1.165) is 25.3 Å². The first-order valence-electron chi connectivity index (χ1n) is 6.51. The van der Waals surface area contributed by atoms with Gasteiger partial charge in [-0.25, -0.2) is 8.78 Å². The first-order valence-corrected chi connectivity index (χ1v) is 6.51. The Bertz CT molecular complexity index is 659. The second-order valence-corrected chi connectivity index (χ2v) is 4.74. The summed E-state index contributed by atoms with van der Waals surface area (Å²) in [6.07, 6.45) is 3.21. The van der Waals surface area contributed by atoms with Crippen LogP contribution >= 0.6 is 0 Å². The number of rotatable bonds is 3. The highest BCUT2D eigenvalue weighted by atomic mass is 19.1. The van der Waals surface area contributed by atoms with Gasteiger partial charge in [0.15, 0.2) is 17.5 Å². The standard InChI is InChI=1S/C15H14F2N2O/c1-18-14-12(16)8-13(17)15(19-14)20-11-6-5-9-3-2-4-10(9)7-11/h5-8H,2-4H2,1H3,(H,18,19). The molecule has 1 aromatic heterocycles. The highest BCUT2D eigenvalue weighted by molar-refractivity contribution is 5.42. The van der Waals surface area contributed by atoms with Gasteiger partial charge in [0.25, 0.3) is 5.88 Å². The van der Waals surface area contributed by atoms with E-state index in [1.165, 1.54) is 18.2 Å². The van der Waals surface area contributed by atoms with Crippen molar-refractivity contribution in [2.24, 2.45) is 0 Å². The molecule has 3 nitrogen and oxygen atoms in total.